The first-order chi connectivity index (χ1) is 5.61. The van der Waals surface area contributed by atoms with Gasteiger partial charge in [0.1, 0.15) is 0 Å². The van der Waals surface area contributed by atoms with E-state index in [0.717, 1.165) is 24.1 Å². The Hall–Kier alpha value is -0.350. The zero-order chi connectivity index (χ0) is 9.14. The number of hydrogen-bond acceptors (Lipinski definition) is 4. The van der Waals surface area contributed by atoms with E-state index in [4.69, 9.17) is 11.6 Å². The van der Waals surface area contributed by atoms with Crippen LogP contribution in [0.4, 0.5) is 5.82 Å². The van der Waals surface area contributed by atoms with E-state index in [1.54, 1.807) is 0 Å². The summed E-state index contributed by atoms with van der Waals surface area (Å²) in [5, 5.41) is 0.503. The van der Waals surface area contributed by atoms with Gasteiger partial charge in [0.2, 0.25) is 0 Å². The van der Waals surface area contributed by atoms with Crippen molar-refractivity contribution in [2.75, 3.05) is 18.5 Å². The van der Waals surface area contributed by atoms with Crippen LogP contribution >= 0.6 is 23.3 Å². The van der Waals surface area contributed by atoms with Gasteiger partial charge in [-0.1, -0.05) is 25.4 Å². The van der Waals surface area contributed by atoms with Crippen molar-refractivity contribution in [2.45, 2.75) is 13.8 Å². The lowest BCUT2D eigenvalue weighted by atomic mass is 10.2. The number of anilines is 1. The molecule has 0 radical (unpaired) electrons. The molecule has 0 aliphatic carbocycles. The van der Waals surface area contributed by atoms with Crippen LogP contribution in [0.5, 0.6) is 0 Å². The predicted octanol–water partition coefficient (Wildman–Crippen LogP) is 2.28. The summed E-state index contributed by atoms with van der Waals surface area (Å²) in [4.78, 5) is 2.02. The highest BCUT2D eigenvalue weighted by molar-refractivity contribution is 6.99. The Morgan fingerprint density at radius 2 is 2.17 bits per heavy atom. The molecule has 0 atom stereocenters. The lowest BCUT2D eigenvalue weighted by Crippen LogP contribution is -2.22. The molecule has 0 amide bonds. The molecule has 68 valence electrons. The molecule has 1 aromatic rings. The fourth-order valence-corrected chi connectivity index (χ4v) is 1.86. The van der Waals surface area contributed by atoms with E-state index in [-0.39, 0.29) is 0 Å². The van der Waals surface area contributed by atoms with Crippen molar-refractivity contribution in [2.24, 2.45) is 5.92 Å². The summed E-state index contributed by atoms with van der Waals surface area (Å²) in [6.45, 7) is 5.26. The molecule has 0 unspecified atom stereocenters. The molecule has 0 bridgehead atoms. The molecule has 1 aromatic heterocycles. The van der Waals surface area contributed by atoms with E-state index < -0.39 is 0 Å². The first kappa shape index (κ1) is 9.74. The molecular formula is C7H12ClN3S. The minimum atomic E-state index is 0.503. The van der Waals surface area contributed by atoms with E-state index in [1.807, 2.05) is 11.9 Å². The van der Waals surface area contributed by atoms with E-state index in [9.17, 15) is 0 Å². The highest BCUT2D eigenvalue weighted by atomic mass is 35.5. The maximum absolute atomic E-state index is 5.81. The van der Waals surface area contributed by atoms with Crippen LogP contribution in [0.2, 0.25) is 5.15 Å². The van der Waals surface area contributed by atoms with Gasteiger partial charge in [0, 0.05) is 13.6 Å². The molecule has 0 saturated heterocycles. The Labute approximate surface area is 81.7 Å². The number of rotatable bonds is 3. The second-order valence-electron chi connectivity index (χ2n) is 3.15. The molecule has 0 aromatic carbocycles. The minimum absolute atomic E-state index is 0.503. The van der Waals surface area contributed by atoms with Gasteiger partial charge in [0.05, 0.1) is 11.7 Å². The fourth-order valence-electron chi connectivity index (χ4n) is 1.03. The quantitative estimate of drug-likeness (QED) is 0.758. The molecule has 3 nitrogen and oxygen atoms in total. The molecule has 5 heteroatoms. The topological polar surface area (TPSA) is 29.0 Å². The van der Waals surface area contributed by atoms with Crippen LogP contribution in [0.15, 0.2) is 0 Å². The molecule has 0 spiro atoms. The van der Waals surface area contributed by atoms with Crippen molar-refractivity contribution < 1.29 is 0 Å². The summed E-state index contributed by atoms with van der Waals surface area (Å²) in [5.41, 5.74) is 0. The first-order valence-corrected chi connectivity index (χ1v) is 4.91. The highest BCUT2D eigenvalue weighted by Gasteiger charge is 2.10. The third kappa shape index (κ3) is 2.32. The Morgan fingerprint density at radius 3 is 2.58 bits per heavy atom. The summed E-state index contributed by atoms with van der Waals surface area (Å²) in [5.74, 6) is 1.39. The summed E-state index contributed by atoms with van der Waals surface area (Å²) in [6, 6.07) is 0. The summed E-state index contributed by atoms with van der Waals surface area (Å²) in [6.07, 6.45) is 0. The summed E-state index contributed by atoms with van der Waals surface area (Å²) < 4.78 is 7.99. The van der Waals surface area contributed by atoms with Crippen LogP contribution in [-0.4, -0.2) is 22.3 Å². The monoisotopic (exact) mass is 205 g/mol. The van der Waals surface area contributed by atoms with Crippen molar-refractivity contribution in [3.63, 3.8) is 0 Å². The van der Waals surface area contributed by atoms with Gasteiger partial charge in [-0.25, -0.2) is 0 Å². The fraction of sp³-hybridized carbons (Fsp3) is 0.714. The van der Waals surface area contributed by atoms with Crippen molar-refractivity contribution >= 4 is 29.1 Å². The molecule has 0 aliphatic heterocycles. The molecule has 1 rings (SSSR count). The molecule has 0 saturated carbocycles. The second kappa shape index (κ2) is 4.05. The van der Waals surface area contributed by atoms with Crippen molar-refractivity contribution in [1.29, 1.82) is 0 Å². The molecular weight excluding hydrogens is 194 g/mol. The van der Waals surface area contributed by atoms with Gasteiger partial charge in [-0.3, -0.25) is 0 Å². The maximum Gasteiger partial charge on any atom is 0.187 e. The number of nitrogens with zero attached hydrogens (tertiary/aromatic N) is 3. The predicted molar refractivity (Wildman–Crippen MR) is 53.0 cm³/mol. The number of hydrogen-bond donors (Lipinski definition) is 0. The largest absolute Gasteiger partial charge is 0.356 e. The summed E-state index contributed by atoms with van der Waals surface area (Å²) >= 11 is 6.96. The van der Waals surface area contributed by atoms with Crippen molar-refractivity contribution in [1.82, 2.24) is 8.75 Å². The lowest BCUT2D eigenvalue weighted by Gasteiger charge is -2.18. The number of halogens is 1. The minimum Gasteiger partial charge on any atom is -0.356 e. The Morgan fingerprint density at radius 1 is 1.50 bits per heavy atom. The molecule has 12 heavy (non-hydrogen) atoms. The van der Waals surface area contributed by atoms with Gasteiger partial charge >= 0.3 is 0 Å². The van der Waals surface area contributed by atoms with Crippen LogP contribution in [0.25, 0.3) is 0 Å². The van der Waals surface area contributed by atoms with Crippen molar-refractivity contribution in [3.8, 4) is 0 Å². The average Bonchev–Trinajstić information content (AvgIpc) is 2.33. The Bertz CT molecular complexity index is 249. The van der Waals surface area contributed by atoms with Gasteiger partial charge in [0.25, 0.3) is 0 Å². The SMILES string of the molecule is CC(C)CN(C)c1nsnc1Cl. The average molecular weight is 206 g/mol. The van der Waals surface area contributed by atoms with Gasteiger partial charge in [0.15, 0.2) is 11.0 Å². The van der Waals surface area contributed by atoms with Gasteiger partial charge < -0.3 is 4.90 Å². The Kier molecular flexibility index (Phi) is 3.29. The zero-order valence-electron chi connectivity index (χ0n) is 7.41. The van der Waals surface area contributed by atoms with E-state index in [0.29, 0.717) is 11.1 Å². The standard InChI is InChI=1S/C7H12ClN3S/c1-5(2)4-11(3)7-6(8)9-12-10-7/h5H,4H2,1-3H3. The van der Waals surface area contributed by atoms with Crippen LogP contribution in [0, 0.1) is 5.92 Å². The second-order valence-corrected chi connectivity index (χ2v) is 4.04. The highest BCUT2D eigenvalue weighted by Crippen LogP contribution is 2.21. The third-order valence-corrected chi connectivity index (χ3v) is 2.31. The van der Waals surface area contributed by atoms with Crippen LogP contribution in [0.3, 0.4) is 0 Å². The van der Waals surface area contributed by atoms with E-state index in [2.05, 4.69) is 22.6 Å². The molecule has 1 heterocycles. The van der Waals surface area contributed by atoms with Gasteiger partial charge in [-0.05, 0) is 5.92 Å². The third-order valence-electron chi connectivity index (χ3n) is 1.43. The lowest BCUT2D eigenvalue weighted by molar-refractivity contribution is 0.636. The van der Waals surface area contributed by atoms with E-state index >= 15 is 0 Å². The zero-order valence-corrected chi connectivity index (χ0v) is 8.98. The molecule has 0 N–H and O–H groups in total. The smallest absolute Gasteiger partial charge is 0.187 e. The van der Waals surface area contributed by atoms with E-state index in [1.165, 1.54) is 0 Å². The van der Waals surface area contributed by atoms with Crippen molar-refractivity contribution in [3.05, 3.63) is 5.15 Å². The van der Waals surface area contributed by atoms with Gasteiger partial charge in [-0.2, -0.15) is 8.75 Å². The Balaban J connectivity index is 2.65. The maximum atomic E-state index is 5.81. The van der Waals surface area contributed by atoms with Gasteiger partial charge in [-0.15, -0.1) is 0 Å². The first-order valence-electron chi connectivity index (χ1n) is 3.80. The normalized spacial score (nSPS) is 10.8. The molecule has 0 aliphatic rings. The van der Waals surface area contributed by atoms with Crippen LogP contribution < -0.4 is 4.90 Å². The summed E-state index contributed by atoms with van der Waals surface area (Å²) in [7, 11) is 1.97. The van der Waals surface area contributed by atoms with Crippen LogP contribution in [-0.2, 0) is 0 Å². The molecule has 0 fully saturated rings. The van der Waals surface area contributed by atoms with Crippen LogP contribution in [0.1, 0.15) is 13.8 Å². The number of aromatic nitrogens is 2.